The highest BCUT2D eigenvalue weighted by atomic mass is 32.2. The van der Waals surface area contributed by atoms with Gasteiger partial charge in [-0.25, -0.2) is 0 Å². The van der Waals surface area contributed by atoms with Gasteiger partial charge in [-0.2, -0.15) is 0 Å². The molecule has 1 unspecified atom stereocenters. The van der Waals surface area contributed by atoms with Crippen molar-refractivity contribution in [2.45, 2.75) is 59.5 Å². The molecule has 0 aliphatic heterocycles. The Morgan fingerprint density at radius 3 is 2.40 bits per heavy atom. The van der Waals surface area contributed by atoms with E-state index in [2.05, 4.69) is 11.9 Å². The molecule has 0 heterocycles. The summed E-state index contributed by atoms with van der Waals surface area (Å²) in [6.45, 7) is 16.2. The van der Waals surface area contributed by atoms with Crippen molar-refractivity contribution < 1.29 is 14.3 Å². The van der Waals surface area contributed by atoms with Crippen molar-refractivity contribution in [1.82, 2.24) is 10.2 Å². The Balaban J connectivity index is 5.25. The van der Waals surface area contributed by atoms with Crippen molar-refractivity contribution in [3.8, 4) is 0 Å². The fraction of sp³-hybridized carbons (Fsp3) is 0.722. The van der Waals surface area contributed by atoms with Crippen molar-refractivity contribution in [2.24, 2.45) is 5.92 Å². The lowest BCUT2D eigenvalue weighted by molar-refractivity contribution is -0.139. The predicted octanol–water partition coefficient (Wildman–Crippen LogP) is 3.39. The first kappa shape index (κ1) is 23.9. The van der Waals surface area contributed by atoms with E-state index < -0.39 is 6.04 Å². The third-order valence-electron chi connectivity index (χ3n) is 3.09. The molecular weight excluding hydrogens is 356 g/mol. The number of thioether (sulfide) groups is 1. The average Bonchev–Trinajstić information content (AvgIpc) is 2.46. The number of hydrogen-bond acceptors (Lipinski definition) is 5. The summed E-state index contributed by atoms with van der Waals surface area (Å²) in [6.07, 6.45) is 2.23. The summed E-state index contributed by atoms with van der Waals surface area (Å²) in [4.78, 5) is 27.0. The van der Waals surface area contributed by atoms with E-state index in [0.29, 0.717) is 24.0 Å². The highest BCUT2D eigenvalue weighted by Gasteiger charge is 2.31. The molecule has 0 aromatic heterocycles. The van der Waals surface area contributed by atoms with E-state index in [4.69, 9.17) is 17.0 Å². The summed E-state index contributed by atoms with van der Waals surface area (Å²) in [5.74, 6) is 0.118. The van der Waals surface area contributed by atoms with Crippen LogP contribution in [0.1, 0.15) is 48.0 Å². The smallest absolute Gasteiger partial charge is 0.243 e. The molecule has 0 saturated heterocycles. The minimum atomic E-state index is -0.536. The second-order valence-corrected chi connectivity index (χ2v) is 8.77. The zero-order chi connectivity index (χ0) is 19.6. The first-order valence-electron chi connectivity index (χ1n) is 8.53. The van der Waals surface area contributed by atoms with Gasteiger partial charge in [-0.1, -0.05) is 31.7 Å². The lowest BCUT2D eigenvalue weighted by atomic mass is 9.99. The maximum Gasteiger partial charge on any atom is 0.243 e. The number of carbonyl (C=O) groups is 2. The van der Waals surface area contributed by atoms with Crippen molar-refractivity contribution >= 4 is 40.2 Å². The van der Waals surface area contributed by atoms with Crippen LogP contribution in [0.2, 0.25) is 0 Å². The van der Waals surface area contributed by atoms with Crippen LogP contribution in [0.5, 0.6) is 0 Å². The molecule has 1 N–H and O–H groups in total. The Labute approximate surface area is 161 Å². The molecule has 0 bridgehead atoms. The SMILES string of the molecule is C=CCN(C(=O)CSC(=S)OCC)C(CC(C)C)C(=O)NC(C)(C)C. The lowest BCUT2D eigenvalue weighted by Gasteiger charge is -2.33. The van der Waals surface area contributed by atoms with Gasteiger partial charge >= 0.3 is 0 Å². The van der Waals surface area contributed by atoms with Crippen LogP contribution in [0.25, 0.3) is 0 Å². The van der Waals surface area contributed by atoms with Gasteiger partial charge in [-0.3, -0.25) is 9.59 Å². The second-order valence-electron chi connectivity index (χ2n) is 7.19. The summed E-state index contributed by atoms with van der Waals surface area (Å²) in [5, 5.41) is 2.98. The van der Waals surface area contributed by atoms with Crippen LogP contribution in [0.3, 0.4) is 0 Å². The fourth-order valence-corrected chi connectivity index (χ4v) is 3.08. The Morgan fingerprint density at radius 2 is 1.96 bits per heavy atom. The van der Waals surface area contributed by atoms with E-state index in [1.165, 1.54) is 11.8 Å². The average molecular weight is 389 g/mol. The number of ether oxygens (including phenoxy) is 1. The Bertz CT molecular complexity index is 473. The van der Waals surface area contributed by atoms with E-state index in [9.17, 15) is 9.59 Å². The molecule has 0 saturated carbocycles. The van der Waals surface area contributed by atoms with Crippen LogP contribution in [0.15, 0.2) is 12.7 Å². The molecule has 0 aliphatic carbocycles. The van der Waals surface area contributed by atoms with E-state index in [-0.39, 0.29) is 29.0 Å². The highest BCUT2D eigenvalue weighted by Crippen LogP contribution is 2.16. The van der Waals surface area contributed by atoms with Gasteiger partial charge in [0.05, 0.1) is 12.4 Å². The van der Waals surface area contributed by atoms with Crippen molar-refractivity contribution in [2.75, 3.05) is 18.9 Å². The van der Waals surface area contributed by atoms with Crippen molar-refractivity contribution in [3.63, 3.8) is 0 Å². The zero-order valence-electron chi connectivity index (χ0n) is 16.3. The predicted molar refractivity (Wildman–Crippen MR) is 110 cm³/mol. The quantitative estimate of drug-likeness (QED) is 0.485. The number of thiocarbonyl (C=S) groups is 1. The Kier molecular flexibility index (Phi) is 11.0. The van der Waals surface area contributed by atoms with Crippen molar-refractivity contribution in [3.05, 3.63) is 12.7 Å². The van der Waals surface area contributed by atoms with Gasteiger partial charge in [-0.15, -0.1) is 6.58 Å². The topological polar surface area (TPSA) is 58.6 Å². The third-order valence-corrected chi connectivity index (χ3v) is 4.31. The molecule has 1 atom stereocenters. The van der Waals surface area contributed by atoms with E-state index >= 15 is 0 Å². The molecule has 5 nitrogen and oxygen atoms in total. The molecule has 0 aromatic rings. The minimum absolute atomic E-state index is 0.143. The molecular formula is C18H32N2O3S2. The molecule has 144 valence electrons. The Morgan fingerprint density at radius 1 is 1.36 bits per heavy atom. The molecule has 0 aromatic carbocycles. The van der Waals surface area contributed by atoms with Gasteiger partial charge in [0.1, 0.15) is 6.04 Å². The van der Waals surface area contributed by atoms with Crippen LogP contribution in [-0.4, -0.2) is 51.6 Å². The van der Waals surface area contributed by atoms with E-state index in [1.807, 2.05) is 41.5 Å². The molecule has 0 fully saturated rings. The number of hydrogen-bond donors (Lipinski definition) is 1. The zero-order valence-corrected chi connectivity index (χ0v) is 17.9. The number of rotatable bonds is 9. The molecule has 0 rings (SSSR count). The maximum absolute atomic E-state index is 12.8. The lowest BCUT2D eigenvalue weighted by Crippen LogP contribution is -2.54. The van der Waals surface area contributed by atoms with Crippen molar-refractivity contribution in [1.29, 1.82) is 0 Å². The third kappa shape index (κ3) is 10.5. The standard InChI is InChI=1S/C18H32N2O3S2/c1-8-10-20(15(21)12-25-17(24)23-9-2)14(11-13(3)4)16(22)19-18(5,6)7/h8,13-14H,1,9-12H2,2-7H3,(H,19,22). The first-order chi connectivity index (χ1) is 11.5. The van der Waals surface area contributed by atoms with Gasteiger partial charge in [0.25, 0.3) is 0 Å². The van der Waals surface area contributed by atoms with Gasteiger partial charge < -0.3 is 15.0 Å². The molecule has 0 aliphatic rings. The second kappa shape index (κ2) is 11.5. The summed E-state index contributed by atoms with van der Waals surface area (Å²) in [7, 11) is 0. The molecule has 7 heteroatoms. The fourth-order valence-electron chi connectivity index (χ4n) is 2.18. The van der Waals surface area contributed by atoms with Crippen LogP contribution < -0.4 is 5.32 Å². The number of amides is 2. The molecule has 2 amide bonds. The molecule has 25 heavy (non-hydrogen) atoms. The number of carbonyl (C=O) groups excluding carboxylic acids is 2. The molecule has 0 radical (unpaired) electrons. The summed E-state index contributed by atoms with van der Waals surface area (Å²) in [6, 6.07) is -0.536. The normalized spacial score (nSPS) is 12.4. The van der Waals surface area contributed by atoms with Crippen LogP contribution in [-0.2, 0) is 14.3 Å². The Hall–Kier alpha value is -1.08. The molecule has 0 spiro atoms. The van der Waals surface area contributed by atoms with Gasteiger partial charge in [-0.05, 0) is 52.3 Å². The van der Waals surface area contributed by atoms with Crippen LogP contribution >= 0.6 is 24.0 Å². The summed E-state index contributed by atoms with van der Waals surface area (Å²) >= 11 is 6.23. The van der Waals surface area contributed by atoms with Crippen LogP contribution in [0, 0.1) is 5.92 Å². The van der Waals surface area contributed by atoms with E-state index in [1.54, 1.807) is 11.0 Å². The first-order valence-corrected chi connectivity index (χ1v) is 9.93. The highest BCUT2D eigenvalue weighted by molar-refractivity contribution is 8.23. The van der Waals surface area contributed by atoms with Gasteiger partial charge in [0.15, 0.2) is 0 Å². The van der Waals surface area contributed by atoms with Crippen LogP contribution in [0.4, 0.5) is 0 Å². The summed E-state index contributed by atoms with van der Waals surface area (Å²) < 4.78 is 5.54. The monoisotopic (exact) mass is 388 g/mol. The van der Waals surface area contributed by atoms with Gasteiger partial charge in [0, 0.05) is 12.1 Å². The summed E-state index contributed by atoms with van der Waals surface area (Å²) in [5.41, 5.74) is -0.361. The van der Waals surface area contributed by atoms with Gasteiger partial charge in [0.2, 0.25) is 16.2 Å². The maximum atomic E-state index is 12.8. The van der Waals surface area contributed by atoms with E-state index in [0.717, 1.165) is 0 Å². The minimum Gasteiger partial charge on any atom is -0.479 e. The number of nitrogens with one attached hydrogen (secondary N) is 1. The number of nitrogens with zero attached hydrogens (tertiary/aromatic N) is 1. The largest absolute Gasteiger partial charge is 0.479 e.